The highest BCUT2D eigenvalue weighted by Gasteiger charge is 2.30. The van der Waals surface area contributed by atoms with Crippen LogP contribution in [0.1, 0.15) is 25.0 Å². The number of amides is 1. The molecular formula is C15H21NO4. The van der Waals surface area contributed by atoms with E-state index in [1.165, 1.54) is 7.11 Å². The summed E-state index contributed by atoms with van der Waals surface area (Å²) < 4.78 is 10.1. The van der Waals surface area contributed by atoms with Gasteiger partial charge < -0.3 is 14.8 Å². The summed E-state index contributed by atoms with van der Waals surface area (Å²) in [4.78, 5) is 23.3. The quantitative estimate of drug-likeness (QED) is 0.834. The molecule has 0 unspecified atom stereocenters. The van der Waals surface area contributed by atoms with Crippen molar-refractivity contribution < 1.29 is 19.1 Å². The third-order valence-corrected chi connectivity index (χ3v) is 2.90. The smallest absolute Gasteiger partial charge is 0.330 e. The summed E-state index contributed by atoms with van der Waals surface area (Å²) in [7, 11) is 1.28. The van der Waals surface area contributed by atoms with Crippen LogP contribution >= 0.6 is 0 Å². The van der Waals surface area contributed by atoms with Gasteiger partial charge in [-0.2, -0.15) is 0 Å². The molecule has 1 N–H and O–H groups in total. The fourth-order valence-electron chi connectivity index (χ4n) is 1.86. The molecule has 0 radical (unpaired) electrons. The summed E-state index contributed by atoms with van der Waals surface area (Å²) in [5.41, 5.74) is 0.853. The van der Waals surface area contributed by atoms with Crippen molar-refractivity contribution in [3.05, 3.63) is 29.3 Å². The maximum absolute atomic E-state index is 11.8. The van der Waals surface area contributed by atoms with Crippen LogP contribution < -0.4 is 10.1 Å². The molecule has 1 rings (SSSR count). The molecule has 1 amide bonds. The number of ether oxygens (including phenoxy) is 2. The minimum absolute atomic E-state index is 0.147. The van der Waals surface area contributed by atoms with Gasteiger partial charge in [-0.15, -0.1) is 0 Å². The minimum atomic E-state index is -1.07. The highest BCUT2D eigenvalue weighted by molar-refractivity contribution is 5.87. The highest BCUT2D eigenvalue weighted by Crippen LogP contribution is 2.22. The number of hydrogen-bond donors (Lipinski definition) is 1. The lowest BCUT2D eigenvalue weighted by Gasteiger charge is -2.23. The van der Waals surface area contributed by atoms with Crippen LogP contribution in [0.4, 0.5) is 0 Å². The van der Waals surface area contributed by atoms with Crippen molar-refractivity contribution in [2.24, 2.45) is 0 Å². The van der Waals surface area contributed by atoms with Crippen molar-refractivity contribution in [2.45, 2.75) is 33.2 Å². The van der Waals surface area contributed by atoms with Gasteiger partial charge in [-0.3, -0.25) is 4.79 Å². The lowest BCUT2D eigenvalue weighted by Crippen LogP contribution is -2.51. The van der Waals surface area contributed by atoms with E-state index in [1.807, 2.05) is 32.0 Å². The first-order valence-electron chi connectivity index (χ1n) is 6.36. The summed E-state index contributed by atoms with van der Waals surface area (Å²) in [6, 6.07) is 5.76. The van der Waals surface area contributed by atoms with Gasteiger partial charge in [0.15, 0.2) is 6.61 Å². The molecule has 0 bridgehead atoms. The van der Waals surface area contributed by atoms with Crippen molar-refractivity contribution in [2.75, 3.05) is 13.7 Å². The number of hydrogen-bond acceptors (Lipinski definition) is 4. The van der Waals surface area contributed by atoms with E-state index in [0.717, 1.165) is 11.1 Å². The second-order valence-electron chi connectivity index (χ2n) is 5.17. The molecule has 110 valence electrons. The lowest BCUT2D eigenvalue weighted by atomic mass is 10.1. The molecule has 0 aliphatic rings. The number of methoxy groups -OCH3 is 1. The number of para-hydroxylation sites is 1. The molecule has 0 heterocycles. The van der Waals surface area contributed by atoms with Crippen LogP contribution in [0.5, 0.6) is 5.75 Å². The van der Waals surface area contributed by atoms with Gasteiger partial charge in [-0.25, -0.2) is 4.79 Å². The molecule has 20 heavy (non-hydrogen) atoms. The number of aryl methyl sites for hydroxylation is 2. The van der Waals surface area contributed by atoms with Gasteiger partial charge in [0.1, 0.15) is 11.3 Å². The van der Waals surface area contributed by atoms with E-state index in [2.05, 4.69) is 10.1 Å². The molecule has 5 nitrogen and oxygen atoms in total. The average molecular weight is 279 g/mol. The van der Waals surface area contributed by atoms with Crippen LogP contribution in [0.25, 0.3) is 0 Å². The zero-order valence-electron chi connectivity index (χ0n) is 12.6. The predicted molar refractivity (Wildman–Crippen MR) is 75.6 cm³/mol. The molecule has 0 saturated heterocycles. The first-order valence-corrected chi connectivity index (χ1v) is 6.36. The van der Waals surface area contributed by atoms with Crippen LogP contribution in [0, 0.1) is 13.8 Å². The molecule has 0 saturated carbocycles. The van der Waals surface area contributed by atoms with E-state index in [9.17, 15) is 9.59 Å². The van der Waals surface area contributed by atoms with E-state index in [-0.39, 0.29) is 12.5 Å². The van der Waals surface area contributed by atoms with Crippen LogP contribution in [0.15, 0.2) is 18.2 Å². The van der Waals surface area contributed by atoms with Crippen molar-refractivity contribution >= 4 is 11.9 Å². The molecule has 0 fully saturated rings. The molecule has 0 aliphatic heterocycles. The number of carbonyl (C=O) groups excluding carboxylic acids is 2. The third kappa shape index (κ3) is 3.98. The van der Waals surface area contributed by atoms with Crippen molar-refractivity contribution in [1.29, 1.82) is 0 Å². The van der Waals surface area contributed by atoms with Gasteiger partial charge in [-0.1, -0.05) is 18.2 Å². The normalized spacial score (nSPS) is 10.8. The fraction of sp³-hybridized carbons (Fsp3) is 0.467. The van der Waals surface area contributed by atoms with Gasteiger partial charge >= 0.3 is 5.97 Å². The molecular weight excluding hydrogens is 258 g/mol. The Kier molecular flexibility index (Phi) is 5.13. The minimum Gasteiger partial charge on any atom is -0.483 e. The van der Waals surface area contributed by atoms with Crippen molar-refractivity contribution in [3.63, 3.8) is 0 Å². The molecule has 0 spiro atoms. The van der Waals surface area contributed by atoms with E-state index < -0.39 is 11.5 Å². The first kappa shape index (κ1) is 16.0. The number of nitrogens with one attached hydrogen (secondary N) is 1. The van der Waals surface area contributed by atoms with Crippen LogP contribution in [0.3, 0.4) is 0 Å². The zero-order chi connectivity index (χ0) is 15.3. The molecule has 0 aliphatic carbocycles. The summed E-state index contributed by atoms with van der Waals surface area (Å²) in [5, 5.41) is 2.58. The van der Waals surface area contributed by atoms with Crippen molar-refractivity contribution in [1.82, 2.24) is 5.32 Å². The summed E-state index contributed by atoms with van der Waals surface area (Å²) in [5.74, 6) is -0.181. The lowest BCUT2D eigenvalue weighted by molar-refractivity contribution is -0.149. The second kappa shape index (κ2) is 6.41. The average Bonchev–Trinajstić information content (AvgIpc) is 2.36. The Morgan fingerprint density at radius 3 is 2.25 bits per heavy atom. The van der Waals surface area contributed by atoms with Gasteiger partial charge in [0.2, 0.25) is 0 Å². The molecule has 0 atom stereocenters. The third-order valence-electron chi connectivity index (χ3n) is 2.90. The Labute approximate surface area is 119 Å². The van der Waals surface area contributed by atoms with Crippen LogP contribution in [0.2, 0.25) is 0 Å². The van der Waals surface area contributed by atoms with Gasteiger partial charge in [0.05, 0.1) is 7.11 Å². The highest BCUT2D eigenvalue weighted by atomic mass is 16.5. The zero-order valence-corrected chi connectivity index (χ0v) is 12.6. The summed E-state index contributed by atoms with van der Waals surface area (Å²) in [6.07, 6.45) is 0. The predicted octanol–water partition coefficient (Wildman–Crippen LogP) is 1.75. The number of rotatable bonds is 5. The van der Waals surface area contributed by atoms with Gasteiger partial charge in [0.25, 0.3) is 5.91 Å². The molecule has 1 aromatic rings. The maximum atomic E-state index is 11.8. The van der Waals surface area contributed by atoms with E-state index in [1.54, 1.807) is 13.8 Å². The number of benzene rings is 1. The standard InChI is InChI=1S/C15H21NO4/c1-10-7-6-8-11(2)13(10)20-9-12(17)16-15(3,4)14(18)19-5/h6-8H,9H2,1-5H3,(H,16,17). The fourth-order valence-corrected chi connectivity index (χ4v) is 1.86. The first-order chi connectivity index (χ1) is 9.27. The van der Waals surface area contributed by atoms with E-state index in [4.69, 9.17) is 4.74 Å². The van der Waals surface area contributed by atoms with E-state index in [0.29, 0.717) is 5.75 Å². The number of carbonyl (C=O) groups is 2. The Bertz CT molecular complexity index is 488. The van der Waals surface area contributed by atoms with Crippen LogP contribution in [-0.4, -0.2) is 31.1 Å². The van der Waals surface area contributed by atoms with Crippen molar-refractivity contribution in [3.8, 4) is 5.75 Å². The van der Waals surface area contributed by atoms with E-state index >= 15 is 0 Å². The monoisotopic (exact) mass is 279 g/mol. The summed E-state index contributed by atoms with van der Waals surface area (Å²) >= 11 is 0. The van der Waals surface area contributed by atoms with Gasteiger partial charge in [0, 0.05) is 0 Å². The second-order valence-corrected chi connectivity index (χ2v) is 5.17. The Morgan fingerprint density at radius 1 is 1.20 bits per heavy atom. The molecule has 5 heteroatoms. The SMILES string of the molecule is COC(=O)C(C)(C)NC(=O)COc1c(C)cccc1C. The summed E-state index contributed by atoms with van der Waals surface area (Å²) in [6.45, 7) is 6.84. The Hall–Kier alpha value is -2.04. The largest absolute Gasteiger partial charge is 0.483 e. The Morgan fingerprint density at radius 2 is 1.75 bits per heavy atom. The van der Waals surface area contributed by atoms with Crippen LogP contribution in [-0.2, 0) is 14.3 Å². The van der Waals surface area contributed by atoms with Gasteiger partial charge in [-0.05, 0) is 38.8 Å². The Balaban J connectivity index is 2.63. The molecule has 0 aromatic heterocycles. The number of esters is 1. The topological polar surface area (TPSA) is 64.6 Å². The maximum Gasteiger partial charge on any atom is 0.330 e. The molecule has 1 aromatic carbocycles.